The van der Waals surface area contributed by atoms with E-state index in [0.717, 1.165) is 7.05 Å². The third-order valence-electron chi connectivity index (χ3n) is 2.82. The van der Waals surface area contributed by atoms with Crippen LogP contribution in [0.15, 0.2) is 6.07 Å². The van der Waals surface area contributed by atoms with Gasteiger partial charge in [0.05, 0.1) is 0 Å². The molecule has 0 saturated carbocycles. The lowest BCUT2D eigenvalue weighted by Crippen LogP contribution is -2.19. The van der Waals surface area contributed by atoms with Crippen molar-refractivity contribution in [2.75, 3.05) is 5.32 Å². The van der Waals surface area contributed by atoms with E-state index in [2.05, 4.69) is 5.10 Å². The lowest BCUT2D eigenvalue weighted by molar-refractivity contribution is -0.141. The monoisotopic (exact) mass is 375 g/mol. The van der Waals surface area contributed by atoms with Gasteiger partial charge >= 0.3 is 6.18 Å². The Morgan fingerprint density at radius 2 is 1.67 bits per heavy atom. The minimum Gasteiger partial charge on any atom is -0.315 e. The van der Waals surface area contributed by atoms with Gasteiger partial charge in [0, 0.05) is 13.1 Å². The second kappa shape index (κ2) is 5.96. The van der Waals surface area contributed by atoms with Crippen molar-refractivity contribution in [3.05, 3.63) is 45.7 Å². The highest BCUT2D eigenvalue weighted by Gasteiger charge is 2.40. The van der Waals surface area contributed by atoms with E-state index >= 15 is 0 Å². The van der Waals surface area contributed by atoms with Crippen LogP contribution in [0.5, 0.6) is 0 Å². The van der Waals surface area contributed by atoms with Gasteiger partial charge in [0.25, 0.3) is 5.91 Å². The van der Waals surface area contributed by atoms with Gasteiger partial charge in [-0.3, -0.25) is 9.48 Å². The number of hydrogen-bond donors (Lipinski definition) is 1. The number of carbonyl (C=O) groups is 1. The molecule has 1 amide bonds. The molecule has 2 rings (SSSR count). The molecule has 12 heteroatoms. The number of alkyl halides is 3. The van der Waals surface area contributed by atoms with Crippen molar-refractivity contribution < 1.29 is 35.5 Å². The number of nitrogens with one attached hydrogen (secondary N) is 1. The van der Waals surface area contributed by atoms with Gasteiger partial charge in [0.15, 0.2) is 29.0 Å². The zero-order valence-corrected chi connectivity index (χ0v) is 12.2. The second-order valence-electron chi connectivity index (χ2n) is 4.43. The third-order valence-corrected chi connectivity index (χ3v) is 3.18. The average molecular weight is 376 g/mol. The van der Waals surface area contributed by atoms with Gasteiger partial charge in [-0.15, -0.1) is 0 Å². The van der Waals surface area contributed by atoms with Gasteiger partial charge in [0.2, 0.25) is 0 Å². The highest BCUT2D eigenvalue weighted by Crippen LogP contribution is 2.35. The van der Waals surface area contributed by atoms with Crippen LogP contribution in [0.25, 0.3) is 0 Å². The molecule has 1 aromatic heterocycles. The predicted octanol–water partition coefficient (Wildman–Crippen LogP) is 3.90. The maximum absolute atomic E-state index is 13.5. The maximum atomic E-state index is 13.5. The van der Waals surface area contributed by atoms with Crippen LogP contribution >= 0.6 is 11.6 Å². The summed E-state index contributed by atoms with van der Waals surface area (Å²) in [6.45, 7) is 0. The van der Waals surface area contributed by atoms with Crippen LogP contribution in [0.2, 0.25) is 5.02 Å². The Bertz CT molecular complexity index is 805. The Labute approximate surface area is 133 Å². The van der Waals surface area contributed by atoms with Crippen LogP contribution in [0.4, 0.5) is 36.4 Å². The SMILES string of the molecule is Cn1nc(C(F)(F)F)c(Cl)c1C(=O)Nc1c(F)c(F)cc(F)c1F. The van der Waals surface area contributed by atoms with E-state index in [4.69, 9.17) is 11.6 Å². The first-order chi connectivity index (χ1) is 10.9. The first-order valence-corrected chi connectivity index (χ1v) is 6.27. The number of hydrogen-bond acceptors (Lipinski definition) is 2. The lowest BCUT2D eigenvalue weighted by Gasteiger charge is -2.09. The molecule has 2 aromatic rings. The summed E-state index contributed by atoms with van der Waals surface area (Å²) < 4.78 is 91.5. The van der Waals surface area contributed by atoms with E-state index in [9.17, 15) is 35.5 Å². The molecule has 0 atom stereocenters. The topological polar surface area (TPSA) is 46.9 Å². The third kappa shape index (κ3) is 3.03. The summed E-state index contributed by atoms with van der Waals surface area (Å²) in [6, 6.07) is -0.0981. The summed E-state index contributed by atoms with van der Waals surface area (Å²) in [5.41, 5.74) is -4.03. The molecule has 130 valence electrons. The van der Waals surface area contributed by atoms with Crippen LogP contribution in [0.3, 0.4) is 0 Å². The molecule has 0 radical (unpaired) electrons. The zero-order chi connectivity index (χ0) is 18.4. The van der Waals surface area contributed by atoms with E-state index in [1.165, 1.54) is 5.32 Å². The summed E-state index contributed by atoms with van der Waals surface area (Å²) in [6.07, 6.45) is -4.99. The Morgan fingerprint density at radius 1 is 1.17 bits per heavy atom. The molecule has 0 aliphatic carbocycles. The molecular weight excluding hydrogens is 371 g/mol. The number of rotatable bonds is 2. The summed E-state index contributed by atoms with van der Waals surface area (Å²) in [5.74, 6) is -9.03. The lowest BCUT2D eigenvalue weighted by atomic mass is 10.2. The van der Waals surface area contributed by atoms with Crippen molar-refractivity contribution in [2.24, 2.45) is 7.05 Å². The number of aryl methyl sites for hydroxylation is 1. The minimum absolute atomic E-state index is 0.0981. The van der Waals surface area contributed by atoms with Crippen molar-refractivity contribution in [3.8, 4) is 0 Å². The van der Waals surface area contributed by atoms with Gasteiger partial charge < -0.3 is 5.32 Å². The number of anilines is 1. The molecule has 0 fully saturated rings. The van der Waals surface area contributed by atoms with Crippen molar-refractivity contribution in [1.29, 1.82) is 0 Å². The summed E-state index contributed by atoms with van der Waals surface area (Å²) in [7, 11) is 0.912. The van der Waals surface area contributed by atoms with Crippen LogP contribution in [0, 0.1) is 23.3 Å². The Hall–Kier alpha value is -2.30. The smallest absolute Gasteiger partial charge is 0.315 e. The molecule has 4 nitrogen and oxygen atoms in total. The molecule has 1 heterocycles. The fourth-order valence-corrected chi connectivity index (χ4v) is 2.13. The average Bonchev–Trinajstić information content (AvgIpc) is 2.76. The maximum Gasteiger partial charge on any atom is 0.436 e. The Morgan fingerprint density at radius 3 is 2.08 bits per heavy atom. The fourth-order valence-electron chi connectivity index (χ4n) is 1.78. The molecule has 0 saturated heterocycles. The number of benzene rings is 1. The molecule has 0 aliphatic rings. The van der Waals surface area contributed by atoms with Gasteiger partial charge in [-0.1, -0.05) is 11.6 Å². The Balaban J connectivity index is 2.48. The fraction of sp³-hybridized carbons (Fsp3) is 0.167. The van der Waals surface area contributed by atoms with E-state index in [-0.39, 0.29) is 6.07 Å². The standard InChI is InChI=1S/C12H5ClF7N3O/c1-23-9(5(13)10(22-23)12(18,19)20)11(24)21-8-6(16)3(14)2-4(15)7(8)17/h2H,1H3,(H,21,24). The van der Waals surface area contributed by atoms with Gasteiger partial charge in [-0.05, 0) is 0 Å². The van der Waals surface area contributed by atoms with Gasteiger partial charge in [0.1, 0.15) is 16.4 Å². The summed E-state index contributed by atoms with van der Waals surface area (Å²) in [5, 5.41) is 3.29. The van der Waals surface area contributed by atoms with E-state index in [1.807, 2.05) is 0 Å². The summed E-state index contributed by atoms with van der Waals surface area (Å²) >= 11 is 5.42. The molecule has 0 aliphatic heterocycles. The molecular formula is C12H5ClF7N3O. The highest BCUT2D eigenvalue weighted by atomic mass is 35.5. The van der Waals surface area contributed by atoms with E-state index in [1.54, 1.807) is 0 Å². The Kier molecular flexibility index (Phi) is 4.48. The predicted molar refractivity (Wildman–Crippen MR) is 67.4 cm³/mol. The molecule has 1 aromatic carbocycles. The zero-order valence-electron chi connectivity index (χ0n) is 11.4. The molecule has 0 spiro atoms. The number of halogens is 8. The van der Waals surface area contributed by atoms with E-state index in [0.29, 0.717) is 4.68 Å². The van der Waals surface area contributed by atoms with Crippen LogP contribution in [-0.4, -0.2) is 15.7 Å². The summed E-state index contributed by atoms with van der Waals surface area (Å²) in [4.78, 5) is 11.9. The quantitative estimate of drug-likeness (QED) is 0.639. The normalized spacial score (nSPS) is 11.7. The molecule has 0 bridgehead atoms. The molecule has 1 N–H and O–H groups in total. The highest BCUT2D eigenvalue weighted by molar-refractivity contribution is 6.34. The van der Waals surface area contributed by atoms with Gasteiger partial charge in [-0.25, -0.2) is 17.6 Å². The van der Waals surface area contributed by atoms with Crippen molar-refractivity contribution in [1.82, 2.24) is 9.78 Å². The number of amides is 1. The van der Waals surface area contributed by atoms with Crippen molar-refractivity contribution in [3.63, 3.8) is 0 Å². The second-order valence-corrected chi connectivity index (χ2v) is 4.81. The number of nitrogens with zero attached hydrogens (tertiary/aromatic N) is 2. The number of carbonyl (C=O) groups excluding carboxylic acids is 1. The largest absolute Gasteiger partial charge is 0.436 e. The minimum atomic E-state index is -4.99. The van der Waals surface area contributed by atoms with Crippen molar-refractivity contribution in [2.45, 2.75) is 6.18 Å². The van der Waals surface area contributed by atoms with E-state index < -0.39 is 57.5 Å². The van der Waals surface area contributed by atoms with Crippen molar-refractivity contribution >= 4 is 23.2 Å². The molecule has 24 heavy (non-hydrogen) atoms. The van der Waals surface area contributed by atoms with Crippen LogP contribution < -0.4 is 5.32 Å². The molecule has 0 unspecified atom stereocenters. The van der Waals surface area contributed by atoms with Gasteiger partial charge in [-0.2, -0.15) is 18.3 Å². The van der Waals surface area contributed by atoms with Crippen LogP contribution in [-0.2, 0) is 13.2 Å². The first kappa shape index (κ1) is 18.0. The number of aromatic nitrogens is 2. The first-order valence-electron chi connectivity index (χ1n) is 5.89. The van der Waals surface area contributed by atoms with Crippen LogP contribution in [0.1, 0.15) is 16.2 Å².